The summed E-state index contributed by atoms with van der Waals surface area (Å²) in [6, 6.07) is 3.86. The lowest BCUT2D eigenvalue weighted by Gasteiger charge is -2.18. The Morgan fingerprint density at radius 2 is 2.00 bits per heavy atom. The first-order chi connectivity index (χ1) is 8.29. The molecule has 2 heterocycles. The van der Waals surface area contributed by atoms with Crippen LogP contribution in [0.25, 0.3) is 11.0 Å². The lowest BCUT2D eigenvalue weighted by Crippen LogP contribution is -2.15. The molecule has 0 saturated heterocycles. The topological polar surface area (TPSA) is 62.3 Å². The number of aryl methyl sites for hydroxylation is 1. The highest BCUT2D eigenvalue weighted by Gasteiger charge is 2.16. The first kappa shape index (κ1) is 10.3. The minimum atomic E-state index is 0.546. The molecule has 0 radical (unpaired) electrons. The van der Waals surface area contributed by atoms with Crippen LogP contribution < -0.4 is 15.2 Å². The molecule has 17 heavy (non-hydrogen) atoms. The lowest BCUT2D eigenvalue weighted by molar-refractivity contribution is 0.172. The third-order valence-corrected chi connectivity index (χ3v) is 2.89. The van der Waals surface area contributed by atoms with Gasteiger partial charge in [-0.1, -0.05) is 6.92 Å². The molecule has 2 aromatic rings. The van der Waals surface area contributed by atoms with E-state index >= 15 is 0 Å². The maximum atomic E-state index is 5.91. The van der Waals surface area contributed by atoms with E-state index in [0.717, 1.165) is 35.5 Å². The highest BCUT2D eigenvalue weighted by Crippen LogP contribution is 2.35. The van der Waals surface area contributed by atoms with Crippen LogP contribution in [0.2, 0.25) is 0 Å². The minimum Gasteiger partial charge on any atom is -0.486 e. The molecule has 0 bridgehead atoms. The molecule has 0 unspecified atom stereocenters. The number of aromatic nitrogens is 2. The van der Waals surface area contributed by atoms with Crippen LogP contribution >= 0.6 is 0 Å². The first-order valence-electron chi connectivity index (χ1n) is 5.85. The van der Waals surface area contributed by atoms with Crippen LogP contribution in [0, 0.1) is 0 Å². The standard InChI is InChI=1S/C12H15N3O2/c1-2-3-15-9-7-11-10(16-4-5-17-11)6-8(9)14-12(15)13/h6-7H,2-5H2,1H3,(H2,13,14). The molecular formula is C12H15N3O2. The van der Waals surface area contributed by atoms with Crippen LogP contribution in [0.4, 0.5) is 5.95 Å². The number of hydrogen-bond acceptors (Lipinski definition) is 4. The Bertz CT molecular complexity index is 562. The zero-order valence-electron chi connectivity index (χ0n) is 9.77. The predicted molar refractivity (Wildman–Crippen MR) is 65.4 cm³/mol. The maximum Gasteiger partial charge on any atom is 0.201 e. The molecule has 1 aliphatic rings. The van der Waals surface area contributed by atoms with Gasteiger partial charge in [-0.15, -0.1) is 0 Å². The highest BCUT2D eigenvalue weighted by atomic mass is 16.6. The van der Waals surface area contributed by atoms with Crippen molar-refractivity contribution in [2.45, 2.75) is 19.9 Å². The average Bonchev–Trinajstić information content (AvgIpc) is 2.63. The Hall–Kier alpha value is -1.91. The van der Waals surface area contributed by atoms with Crippen LogP contribution in [0.15, 0.2) is 12.1 Å². The van der Waals surface area contributed by atoms with Crippen molar-refractivity contribution in [1.82, 2.24) is 9.55 Å². The molecule has 90 valence electrons. The number of fused-ring (bicyclic) bond motifs is 2. The Morgan fingerprint density at radius 1 is 1.29 bits per heavy atom. The van der Waals surface area contributed by atoms with Crippen molar-refractivity contribution >= 4 is 17.0 Å². The number of nitrogens with two attached hydrogens (primary N) is 1. The zero-order valence-corrected chi connectivity index (χ0v) is 9.77. The second-order valence-corrected chi connectivity index (χ2v) is 4.11. The van der Waals surface area contributed by atoms with Gasteiger partial charge in [-0.25, -0.2) is 4.98 Å². The van der Waals surface area contributed by atoms with Crippen LogP contribution in [-0.2, 0) is 6.54 Å². The lowest BCUT2D eigenvalue weighted by atomic mass is 10.2. The SMILES string of the molecule is CCCn1c(N)nc2cc3c(cc21)OCCO3. The van der Waals surface area contributed by atoms with E-state index in [9.17, 15) is 0 Å². The summed E-state index contributed by atoms with van der Waals surface area (Å²) in [5.41, 5.74) is 7.78. The van der Waals surface area contributed by atoms with Crippen molar-refractivity contribution < 1.29 is 9.47 Å². The number of rotatable bonds is 2. The largest absolute Gasteiger partial charge is 0.486 e. The quantitative estimate of drug-likeness (QED) is 0.859. The number of anilines is 1. The molecule has 0 fully saturated rings. The highest BCUT2D eigenvalue weighted by molar-refractivity contribution is 5.82. The Labute approximate surface area is 99.1 Å². The normalized spacial score (nSPS) is 14.2. The van der Waals surface area contributed by atoms with Crippen molar-refractivity contribution in [1.29, 1.82) is 0 Å². The monoisotopic (exact) mass is 233 g/mol. The van der Waals surface area contributed by atoms with Gasteiger partial charge in [0.2, 0.25) is 5.95 Å². The van der Waals surface area contributed by atoms with Gasteiger partial charge in [0.25, 0.3) is 0 Å². The predicted octanol–water partition coefficient (Wildman–Crippen LogP) is 1.80. The van der Waals surface area contributed by atoms with Gasteiger partial charge >= 0.3 is 0 Å². The second kappa shape index (κ2) is 3.84. The molecule has 2 N–H and O–H groups in total. The molecule has 0 atom stereocenters. The van der Waals surface area contributed by atoms with Crippen molar-refractivity contribution in [3.63, 3.8) is 0 Å². The summed E-state index contributed by atoms with van der Waals surface area (Å²) < 4.78 is 13.1. The maximum absolute atomic E-state index is 5.91. The fraction of sp³-hybridized carbons (Fsp3) is 0.417. The van der Waals surface area contributed by atoms with E-state index in [4.69, 9.17) is 15.2 Å². The number of imidazole rings is 1. The Kier molecular flexibility index (Phi) is 2.31. The number of ether oxygens (including phenoxy) is 2. The summed E-state index contributed by atoms with van der Waals surface area (Å²) in [5, 5.41) is 0. The molecule has 0 spiro atoms. The van der Waals surface area contributed by atoms with Gasteiger partial charge in [0, 0.05) is 18.7 Å². The summed E-state index contributed by atoms with van der Waals surface area (Å²) >= 11 is 0. The number of benzene rings is 1. The van der Waals surface area contributed by atoms with Crippen LogP contribution in [0.3, 0.4) is 0 Å². The van der Waals surface area contributed by atoms with Crippen LogP contribution in [0.5, 0.6) is 11.5 Å². The van der Waals surface area contributed by atoms with Gasteiger partial charge in [0.05, 0.1) is 11.0 Å². The van der Waals surface area contributed by atoms with Gasteiger partial charge in [0.1, 0.15) is 13.2 Å². The summed E-state index contributed by atoms with van der Waals surface area (Å²) in [5.74, 6) is 2.08. The Balaban J connectivity index is 2.19. The molecular weight excluding hydrogens is 218 g/mol. The number of nitrogen functional groups attached to an aromatic ring is 1. The van der Waals surface area contributed by atoms with Crippen LogP contribution in [-0.4, -0.2) is 22.8 Å². The van der Waals surface area contributed by atoms with Gasteiger partial charge in [-0.2, -0.15) is 0 Å². The van der Waals surface area contributed by atoms with Crippen molar-refractivity contribution in [2.24, 2.45) is 0 Å². The van der Waals surface area contributed by atoms with E-state index < -0.39 is 0 Å². The van der Waals surface area contributed by atoms with E-state index in [1.165, 1.54) is 0 Å². The van der Waals surface area contributed by atoms with Gasteiger partial charge in [-0.05, 0) is 6.42 Å². The smallest absolute Gasteiger partial charge is 0.201 e. The third kappa shape index (κ3) is 1.58. The zero-order chi connectivity index (χ0) is 11.8. The van der Waals surface area contributed by atoms with Gasteiger partial charge in [0.15, 0.2) is 11.5 Å². The Morgan fingerprint density at radius 3 is 2.71 bits per heavy atom. The van der Waals surface area contributed by atoms with Crippen molar-refractivity contribution in [3.05, 3.63) is 12.1 Å². The summed E-state index contributed by atoms with van der Waals surface area (Å²) in [7, 11) is 0. The molecule has 0 aliphatic carbocycles. The third-order valence-electron chi connectivity index (χ3n) is 2.89. The molecule has 1 aromatic carbocycles. The summed E-state index contributed by atoms with van der Waals surface area (Å²) in [6.45, 7) is 4.16. The molecule has 0 amide bonds. The van der Waals surface area contributed by atoms with Crippen molar-refractivity contribution in [2.75, 3.05) is 18.9 Å². The minimum absolute atomic E-state index is 0.546. The van der Waals surface area contributed by atoms with Gasteiger partial charge in [-0.3, -0.25) is 0 Å². The number of hydrogen-bond donors (Lipinski definition) is 1. The first-order valence-corrected chi connectivity index (χ1v) is 5.85. The van der Waals surface area contributed by atoms with E-state index in [0.29, 0.717) is 19.2 Å². The van der Waals surface area contributed by atoms with Crippen LogP contribution in [0.1, 0.15) is 13.3 Å². The molecule has 1 aromatic heterocycles. The van der Waals surface area contributed by atoms with E-state index in [2.05, 4.69) is 11.9 Å². The number of nitrogens with zero attached hydrogens (tertiary/aromatic N) is 2. The van der Waals surface area contributed by atoms with E-state index in [1.54, 1.807) is 0 Å². The van der Waals surface area contributed by atoms with Gasteiger partial charge < -0.3 is 19.8 Å². The molecule has 0 saturated carbocycles. The van der Waals surface area contributed by atoms with Crippen molar-refractivity contribution in [3.8, 4) is 11.5 Å². The second-order valence-electron chi connectivity index (χ2n) is 4.11. The summed E-state index contributed by atoms with van der Waals surface area (Å²) in [6.07, 6.45) is 1.02. The fourth-order valence-corrected chi connectivity index (χ4v) is 2.14. The van der Waals surface area contributed by atoms with E-state index in [1.807, 2.05) is 16.7 Å². The molecule has 5 nitrogen and oxygen atoms in total. The molecule has 3 rings (SSSR count). The fourth-order valence-electron chi connectivity index (χ4n) is 2.14. The average molecular weight is 233 g/mol. The molecule has 1 aliphatic heterocycles. The van der Waals surface area contributed by atoms with E-state index in [-0.39, 0.29) is 0 Å². The summed E-state index contributed by atoms with van der Waals surface area (Å²) in [4.78, 5) is 4.35. The molecule has 5 heteroatoms.